The topological polar surface area (TPSA) is 16.3 Å². The molecule has 0 aliphatic carbocycles. The Morgan fingerprint density at radius 3 is 1.53 bits per heavy atom. The largest absolute Gasteiger partial charge is 0.311 e. The molecule has 18 rings (SSSR count). The summed E-state index contributed by atoms with van der Waals surface area (Å²) >= 11 is 1.82. The molecule has 2 aliphatic heterocycles. The Kier molecular flexibility index (Phi) is 11.1. The maximum atomic E-state index is 9.83. The van der Waals surface area contributed by atoms with Crippen LogP contribution in [0.5, 0.6) is 0 Å². The molecule has 2 aliphatic rings. The maximum absolute atomic E-state index is 9.83. The van der Waals surface area contributed by atoms with E-state index in [4.69, 9.17) is 2.74 Å². The summed E-state index contributed by atoms with van der Waals surface area (Å²) < 4.78 is 81.8. The van der Waals surface area contributed by atoms with E-state index in [0.29, 0.717) is 5.69 Å². The van der Waals surface area contributed by atoms with Crippen LogP contribution in [0.15, 0.2) is 279 Å². The van der Waals surface area contributed by atoms with Crippen LogP contribution in [0.4, 0.5) is 34.1 Å². The predicted molar refractivity (Wildman–Crippen MR) is 414 cm³/mol. The van der Waals surface area contributed by atoms with Gasteiger partial charge in [0.05, 0.1) is 44.4 Å². The van der Waals surface area contributed by atoms with Crippen molar-refractivity contribution in [1.29, 1.82) is 0 Å². The van der Waals surface area contributed by atoms with Gasteiger partial charge in [-0.15, -0.1) is 11.3 Å². The molecule has 4 nitrogen and oxygen atoms in total. The molecule has 96 heavy (non-hydrogen) atoms. The number of para-hydroxylation sites is 4. The zero-order valence-corrected chi connectivity index (χ0v) is 56.0. The molecular weight excluding hydrogens is 1180 g/mol. The molecule has 0 bridgehead atoms. The van der Waals surface area contributed by atoms with Crippen LogP contribution in [0, 0.1) is 0 Å². The van der Waals surface area contributed by atoms with Gasteiger partial charge in [-0.1, -0.05) is 256 Å². The van der Waals surface area contributed by atoms with Crippen molar-refractivity contribution in [3.8, 4) is 44.8 Å². The summed E-state index contributed by atoms with van der Waals surface area (Å²) in [4.78, 5) is 5.08. The minimum absolute atomic E-state index is 0.0193. The zero-order valence-electron chi connectivity index (χ0n) is 63.2. The van der Waals surface area contributed by atoms with Gasteiger partial charge in [0, 0.05) is 81.4 Å². The Morgan fingerprint density at radius 2 is 0.865 bits per heavy atom. The first-order valence-electron chi connectivity index (χ1n) is 37.3. The van der Waals surface area contributed by atoms with E-state index in [2.05, 4.69) is 295 Å². The highest BCUT2D eigenvalue weighted by molar-refractivity contribution is 7.26. The quantitative estimate of drug-likeness (QED) is 0.148. The minimum Gasteiger partial charge on any atom is -0.311 e. The molecule has 462 valence electrons. The van der Waals surface area contributed by atoms with Gasteiger partial charge in [0.25, 0.3) is 6.71 Å². The third-order valence-electron chi connectivity index (χ3n) is 20.1. The van der Waals surface area contributed by atoms with Gasteiger partial charge in [0.1, 0.15) is 0 Å². The number of benzene rings is 13. The second kappa shape index (κ2) is 21.4. The van der Waals surface area contributed by atoms with E-state index in [1.165, 1.54) is 25.9 Å². The fourth-order valence-corrected chi connectivity index (χ4v) is 16.5. The van der Waals surface area contributed by atoms with Crippen LogP contribution in [-0.2, 0) is 16.2 Å². The van der Waals surface area contributed by atoms with Gasteiger partial charge in [-0.05, 0) is 162 Å². The first kappa shape index (κ1) is 49.9. The molecule has 0 saturated heterocycles. The first-order chi connectivity index (χ1) is 49.8. The highest BCUT2D eigenvalue weighted by Crippen LogP contribution is 2.55. The van der Waals surface area contributed by atoms with Crippen molar-refractivity contribution in [1.82, 2.24) is 9.13 Å². The summed E-state index contributed by atoms with van der Waals surface area (Å²) in [7, 11) is 0. The van der Waals surface area contributed by atoms with E-state index < -0.39 is 36.3 Å². The fraction of sp³-hybridized carbons (Fsp3) is 0.133. The lowest BCUT2D eigenvalue weighted by Crippen LogP contribution is -2.61. The molecule has 5 heterocycles. The van der Waals surface area contributed by atoms with E-state index >= 15 is 0 Å². The van der Waals surface area contributed by atoms with E-state index in [0.717, 1.165) is 122 Å². The lowest BCUT2D eigenvalue weighted by Gasteiger charge is -2.46. The number of aromatic nitrogens is 2. The Bertz CT molecular complexity index is 6250. The first-order valence-corrected chi connectivity index (χ1v) is 34.1. The second-order valence-corrected chi connectivity index (χ2v) is 30.2. The van der Waals surface area contributed by atoms with Crippen LogP contribution in [0.3, 0.4) is 0 Å². The van der Waals surface area contributed by atoms with Crippen LogP contribution in [0.1, 0.15) is 90.0 Å². The third-order valence-corrected chi connectivity index (χ3v) is 21.3. The van der Waals surface area contributed by atoms with Crippen molar-refractivity contribution in [3.05, 3.63) is 296 Å². The fourth-order valence-electron chi connectivity index (χ4n) is 15.4. The van der Waals surface area contributed by atoms with Gasteiger partial charge >= 0.3 is 0 Å². The van der Waals surface area contributed by atoms with Crippen LogP contribution >= 0.6 is 11.3 Å². The van der Waals surface area contributed by atoms with Gasteiger partial charge in [-0.3, -0.25) is 0 Å². The molecule has 0 atom stereocenters. The van der Waals surface area contributed by atoms with Gasteiger partial charge in [-0.25, -0.2) is 0 Å². The molecule has 0 N–H and O–H groups in total. The van der Waals surface area contributed by atoms with Crippen molar-refractivity contribution >= 4 is 132 Å². The van der Waals surface area contributed by atoms with E-state index in [-0.39, 0.29) is 56.8 Å². The molecular formula is C90H73BN4S. The van der Waals surface area contributed by atoms with Crippen molar-refractivity contribution in [2.75, 3.05) is 9.80 Å². The highest BCUT2D eigenvalue weighted by atomic mass is 32.1. The van der Waals surface area contributed by atoms with Crippen molar-refractivity contribution in [2.45, 2.75) is 78.6 Å². The normalized spacial score (nSPS) is 14.4. The Labute approximate surface area is 577 Å². The van der Waals surface area contributed by atoms with Crippen molar-refractivity contribution in [2.24, 2.45) is 0 Å². The number of thiophene rings is 1. The summed E-state index contributed by atoms with van der Waals surface area (Å²) in [6.45, 7) is 20.2. The average Bonchev–Trinajstić information content (AvgIpc) is 0.869. The lowest BCUT2D eigenvalue weighted by atomic mass is 9.33. The van der Waals surface area contributed by atoms with E-state index in [1.54, 1.807) is 4.57 Å². The predicted octanol–water partition coefficient (Wildman–Crippen LogP) is 23.2. The van der Waals surface area contributed by atoms with Gasteiger partial charge < -0.3 is 18.9 Å². The SMILES string of the molecule is [2H]c1c([2H])c([2H])c2c(c1[2H])c1c([2H])c([2H])c([2H])c([2H])c1n2-c1ccc2c(c1)N(c1c(-c3ccccc3)ccc3c1c1ccccc1n3-c1ccccc1)c1cc(C(C)(C)C)cc3c1B2c1ccc(-c2cc(C(C)(C)C)cc(C(C)(C)C)c2)cc1N3c1cc(-c2ccccc2)cc2sc3ccccc3c12. The third kappa shape index (κ3) is 9.02. The number of rotatable bonds is 7. The molecule has 16 aromatic rings. The molecule has 3 aromatic heterocycles. The zero-order chi connectivity index (χ0) is 72.1. The molecule has 0 spiro atoms. The number of nitrogens with zero attached hydrogens (tertiary/aromatic N) is 4. The van der Waals surface area contributed by atoms with Gasteiger partial charge in [-0.2, -0.15) is 0 Å². The lowest BCUT2D eigenvalue weighted by molar-refractivity contribution is 0.569. The summed E-state index contributed by atoms with van der Waals surface area (Å²) in [5.41, 5.74) is 21.6. The number of anilines is 6. The van der Waals surface area contributed by atoms with Crippen LogP contribution in [0.25, 0.3) is 109 Å². The van der Waals surface area contributed by atoms with Crippen molar-refractivity contribution < 1.29 is 11.0 Å². The molecule has 0 unspecified atom stereocenters. The molecule has 0 amide bonds. The van der Waals surface area contributed by atoms with Gasteiger partial charge in [0.15, 0.2) is 0 Å². The Balaban J connectivity index is 1.05. The van der Waals surface area contributed by atoms with Crippen LogP contribution in [-0.4, -0.2) is 15.8 Å². The standard InChI is InChI=1S/C90H73BN4S/c1-88(2,3)61-47-59(48-62(52-61)89(4,5)6)58-41-44-71-77(49-58)94(79-50-60(56-27-13-10-14-28-56)51-83-84(79)70-36-22-26-40-82(70)96-83)80-53-63(90(7,8)9)54-81-86(80)91(71)72-45-42-65(93-73-37-23-19-33-67(73)68-34-20-24-38-74(68)93)55-78(72)95(81)87-66(57-29-15-11-16-30-57)43-46-76-85(87)69-35-21-25-39-75(69)92(76)64-31-17-12-18-32-64/h10-55H,1-9H3/i19D,20D,23D,24D,33D,34D,37D,38D. The summed E-state index contributed by atoms with van der Waals surface area (Å²) in [5.74, 6) is 0. The number of fused-ring (bicyclic) bond motifs is 13. The smallest absolute Gasteiger partial charge is 0.252 e. The summed E-state index contributed by atoms with van der Waals surface area (Å²) in [6, 6.07) is 80.7. The average molecular weight is 1260 g/mol. The number of hydrogen-bond donors (Lipinski definition) is 0. The number of hydrogen-bond acceptors (Lipinski definition) is 3. The van der Waals surface area contributed by atoms with Crippen LogP contribution in [0.2, 0.25) is 0 Å². The van der Waals surface area contributed by atoms with Gasteiger partial charge in [0.2, 0.25) is 0 Å². The molecule has 0 radical (unpaired) electrons. The molecule has 6 heteroatoms. The van der Waals surface area contributed by atoms with Crippen LogP contribution < -0.4 is 26.2 Å². The second-order valence-electron chi connectivity index (χ2n) is 29.1. The molecule has 0 fully saturated rings. The van der Waals surface area contributed by atoms with Crippen molar-refractivity contribution in [3.63, 3.8) is 0 Å². The summed E-state index contributed by atoms with van der Waals surface area (Å²) in [5, 5.41) is 4.40. The molecule has 0 saturated carbocycles. The highest BCUT2D eigenvalue weighted by Gasteiger charge is 2.46. The maximum Gasteiger partial charge on any atom is 0.252 e. The summed E-state index contributed by atoms with van der Waals surface area (Å²) in [6.07, 6.45) is 0. The Morgan fingerprint density at radius 1 is 0.333 bits per heavy atom. The van der Waals surface area contributed by atoms with E-state index in [9.17, 15) is 8.22 Å². The monoisotopic (exact) mass is 1260 g/mol. The molecule has 13 aromatic carbocycles. The van der Waals surface area contributed by atoms with E-state index in [1.807, 2.05) is 23.5 Å². The minimum atomic E-state index is -0.492. The Hall–Kier alpha value is -10.7.